The molecule has 9 heteroatoms. The van der Waals surface area contributed by atoms with Crippen molar-refractivity contribution in [1.29, 1.82) is 5.26 Å². The zero-order chi connectivity index (χ0) is 32.4. The second-order valence-electron chi connectivity index (χ2n) is 16.9. The maximum absolute atomic E-state index is 14.7. The van der Waals surface area contributed by atoms with Crippen LogP contribution in [0.2, 0.25) is 0 Å². The van der Waals surface area contributed by atoms with E-state index in [4.69, 9.17) is 4.74 Å². The Morgan fingerprint density at radius 3 is 2.20 bits per heavy atom. The number of fused-ring (bicyclic) bond motifs is 7. The summed E-state index contributed by atoms with van der Waals surface area (Å²) in [6.07, 6.45) is 9.10. The number of nitrogens with one attached hydrogen (secondary N) is 1. The quantitative estimate of drug-likeness (QED) is 0.441. The van der Waals surface area contributed by atoms with Crippen LogP contribution in [0.15, 0.2) is 23.3 Å². The molecule has 8 nitrogen and oxygen atoms in total. The van der Waals surface area contributed by atoms with Gasteiger partial charge in [-0.2, -0.15) is 5.26 Å². The summed E-state index contributed by atoms with van der Waals surface area (Å²) in [5, 5.41) is 22.5. The van der Waals surface area contributed by atoms with Crippen LogP contribution in [-0.2, 0) is 24.3 Å². The number of allylic oxidation sites excluding steroid dienone is 3. The van der Waals surface area contributed by atoms with E-state index in [9.17, 15) is 28.4 Å². The fraction of sp³-hybridized carbons (Fsp3) is 0.800. The molecular weight excluding hydrogens is 576 g/mol. The van der Waals surface area contributed by atoms with Gasteiger partial charge in [0.15, 0.2) is 11.6 Å². The second-order valence-corrected chi connectivity index (χ2v) is 18.8. The van der Waals surface area contributed by atoms with E-state index in [1.807, 2.05) is 26.8 Å². The van der Waals surface area contributed by atoms with Crippen LogP contribution in [0.5, 0.6) is 0 Å². The lowest BCUT2D eigenvalue weighted by atomic mass is 9.33. The molecule has 44 heavy (non-hydrogen) atoms. The molecule has 8 atom stereocenters. The molecule has 4 fully saturated rings. The van der Waals surface area contributed by atoms with Crippen molar-refractivity contribution in [3.63, 3.8) is 0 Å². The zero-order valence-electron chi connectivity index (χ0n) is 27.5. The molecule has 0 radical (unpaired) electrons. The van der Waals surface area contributed by atoms with Gasteiger partial charge in [-0.05, 0) is 93.1 Å². The number of hydrogen-bond donors (Lipinski definition) is 2. The van der Waals surface area contributed by atoms with E-state index in [2.05, 4.69) is 38.5 Å². The van der Waals surface area contributed by atoms with Crippen LogP contribution >= 0.6 is 0 Å². The van der Waals surface area contributed by atoms with Gasteiger partial charge in [0.2, 0.25) is 10.0 Å². The summed E-state index contributed by atoms with van der Waals surface area (Å²) >= 11 is 0. The van der Waals surface area contributed by atoms with Crippen LogP contribution in [0.1, 0.15) is 106 Å². The highest BCUT2D eigenvalue weighted by atomic mass is 32.2. The number of Topliss-reactive ketones (excluding diaryl/α,β-unsaturated/α-hetero) is 1. The highest BCUT2D eigenvalue weighted by Gasteiger charge is 2.75. The molecule has 6 rings (SSSR count). The second kappa shape index (κ2) is 9.59. The molecule has 0 aromatic rings. The molecule has 3 saturated carbocycles. The van der Waals surface area contributed by atoms with Gasteiger partial charge in [0.1, 0.15) is 11.7 Å². The SMILES string of the molecule is CC1(C)C(=O)C(C#N)=C[C@]2(C)C3=CC(=O)[C@]4(O)[C@@H]5C[C@@](C)(NS(=O)(=O)C6CCOCC6)CC[C@]5(C)CC[C@@]4(C)[C@]3(C)CC[C@@H]12. The van der Waals surface area contributed by atoms with Crippen molar-refractivity contribution in [3.8, 4) is 6.07 Å². The molecule has 0 unspecified atom stereocenters. The van der Waals surface area contributed by atoms with Gasteiger partial charge in [0.25, 0.3) is 0 Å². The van der Waals surface area contributed by atoms with E-state index in [1.165, 1.54) is 0 Å². The zero-order valence-corrected chi connectivity index (χ0v) is 28.3. The number of aliphatic hydroxyl groups is 1. The maximum Gasteiger partial charge on any atom is 0.215 e. The Bertz CT molecular complexity index is 1520. The first kappa shape index (κ1) is 32.1. The van der Waals surface area contributed by atoms with Crippen LogP contribution in [0, 0.1) is 50.2 Å². The number of hydrogen-bond acceptors (Lipinski definition) is 7. The number of rotatable bonds is 3. The third-order valence-electron chi connectivity index (χ3n) is 14.2. The Kier molecular flexibility index (Phi) is 7.00. The number of ether oxygens (including phenoxy) is 1. The Hall–Kier alpha value is -1.86. The van der Waals surface area contributed by atoms with Crippen molar-refractivity contribution in [2.45, 2.75) is 123 Å². The fourth-order valence-corrected chi connectivity index (χ4v) is 13.1. The van der Waals surface area contributed by atoms with Crippen LogP contribution in [0.3, 0.4) is 0 Å². The third-order valence-corrected chi connectivity index (χ3v) is 16.4. The summed E-state index contributed by atoms with van der Waals surface area (Å²) in [6, 6.07) is 2.14. The molecule has 6 aliphatic rings. The predicted molar refractivity (Wildman–Crippen MR) is 167 cm³/mol. The van der Waals surface area contributed by atoms with E-state index < -0.39 is 54.0 Å². The summed E-state index contributed by atoms with van der Waals surface area (Å²) < 4.78 is 35.6. The van der Waals surface area contributed by atoms with Gasteiger partial charge in [-0.1, -0.05) is 47.6 Å². The lowest BCUT2D eigenvalue weighted by Crippen LogP contribution is -2.74. The molecule has 242 valence electrons. The highest BCUT2D eigenvalue weighted by Crippen LogP contribution is 2.75. The average molecular weight is 627 g/mol. The van der Waals surface area contributed by atoms with Crippen molar-refractivity contribution < 1.29 is 27.9 Å². The van der Waals surface area contributed by atoms with Gasteiger partial charge in [-0.15, -0.1) is 0 Å². The first-order valence-corrected chi connectivity index (χ1v) is 18.1. The molecule has 0 bridgehead atoms. The Labute approximate surface area is 263 Å². The summed E-state index contributed by atoms with van der Waals surface area (Å²) in [6.45, 7) is 15.1. The van der Waals surface area contributed by atoms with Gasteiger partial charge < -0.3 is 9.84 Å². The Morgan fingerprint density at radius 2 is 1.57 bits per heavy atom. The lowest BCUT2D eigenvalue weighted by Gasteiger charge is -2.71. The number of sulfonamides is 1. The number of nitrogens with zero attached hydrogens (tertiary/aromatic N) is 1. The molecular formula is C35H50N2O6S. The normalized spacial score (nSPS) is 47.2. The van der Waals surface area contributed by atoms with Gasteiger partial charge in [0.05, 0.1) is 10.8 Å². The van der Waals surface area contributed by atoms with E-state index >= 15 is 0 Å². The molecule has 1 heterocycles. The predicted octanol–water partition coefficient (Wildman–Crippen LogP) is 5.17. The monoisotopic (exact) mass is 626 g/mol. The largest absolute Gasteiger partial charge is 0.381 e. The van der Waals surface area contributed by atoms with Crippen LogP contribution < -0.4 is 4.72 Å². The fourth-order valence-electron chi connectivity index (χ4n) is 11.3. The summed E-state index contributed by atoms with van der Waals surface area (Å²) in [4.78, 5) is 28.0. The molecule has 1 saturated heterocycles. The first-order chi connectivity index (χ1) is 20.2. The molecule has 0 amide bonds. The summed E-state index contributed by atoms with van der Waals surface area (Å²) in [5.74, 6) is -0.974. The van der Waals surface area contributed by atoms with Crippen LogP contribution in [0.25, 0.3) is 0 Å². The number of nitriles is 1. The molecule has 0 aromatic heterocycles. The number of ketones is 2. The van der Waals surface area contributed by atoms with E-state index in [-0.39, 0.29) is 28.5 Å². The number of carbonyl (C=O) groups is 2. The summed E-state index contributed by atoms with van der Waals surface area (Å²) in [7, 11) is -3.62. The minimum atomic E-state index is -3.62. The molecule has 1 aliphatic heterocycles. The van der Waals surface area contributed by atoms with Crippen molar-refractivity contribution >= 4 is 21.6 Å². The number of carbonyl (C=O) groups excluding carboxylic acids is 2. The van der Waals surface area contributed by atoms with Crippen molar-refractivity contribution in [3.05, 3.63) is 23.3 Å². The maximum atomic E-state index is 14.7. The molecule has 5 aliphatic carbocycles. The van der Waals surface area contributed by atoms with E-state index in [1.54, 1.807) is 6.08 Å². The standard InChI is InChI=1S/C35H50N2O6S/c1-29(2)24-8-11-33(6)25(32(24,5)19-22(21-36)28(29)39)18-27(38)35(40)26-20-31(4,14-12-30(26,3)13-15-34(33,35)7)37-44(41,42)23-9-16-43-17-10-23/h18-19,23-24,26,37,40H,8-17,20H2,1-7H3/t24-,26+,30+,31-,32-,33+,34-,35+/m0/s1. The highest BCUT2D eigenvalue weighted by molar-refractivity contribution is 7.90. The Morgan fingerprint density at radius 1 is 0.932 bits per heavy atom. The smallest absolute Gasteiger partial charge is 0.215 e. The first-order valence-electron chi connectivity index (χ1n) is 16.5. The van der Waals surface area contributed by atoms with Gasteiger partial charge in [0, 0.05) is 40.9 Å². The van der Waals surface area contributed by atoms with E-state index in [0.29, 0.717) is 58.2 Å². The Balaban J connectivity index is 1.44. The van der Waals surface area contributed by atoms with Gasteiger partial charge >= 0.3 is 0 Å². The van der Waals surface area contributed by atoms with Crippen molar-refractivity contribution in [1.82, 2.24) is 4.72 Å². The minimum absolute atomic E-state index is 0.0760. The van der Waals surface area contributed by atoms with Gasteiger partial charge in [-0.25, -0.2) is 13.1 Å². The van der Waals surface area contributed by atoms with E-state index in [0.717, 1.165) is 18.4 Å². The summed E-state index contributed by atoms with van der Waals surface area (Å²) in [5.41, 5.74) is -4.54. The molecule has 0 aromatic carbocycles. The van der Waals surface area contributed by atoms with Crippen molar-refractivity contribution in [2.24, 2.45) is 38.9 Å². The van der Waals surface area contributed by atoms with Crippen LogP contribution in [-0.4, -0.2) is 54.7 Å². The topological polar surface area (TPSA) is 134 Å². The molecule has 2 N–H and O–H groups in total. The lowest BCUT2D eigenvalue weighted by molar-refractivity contribution is -0.239. The molecule has 0 spiro atoms. The van der Waals surface area contributed by atoms with Crippen LogP contribution in [0.4, 0.5) is 0 Å². The minimum Gasteiger partial charge on any atom is -0.381 e. The third kappa shape index (κ3) is 3.99. The van der Waals surface area contributed by atoms with Crippen molar-refractivity contribution in [2.75, 3.05) is 13.2 Å². The average Bonchev–Trinajstić information content (AvgIpc) is 2.95. The van der Waals surface area contributed by atoms with Gasteiger partial charge in [-0.3, -0.25) is 9.59 Å².